The minimum Gasteiger partial charge on any atom is -0.508 e. The van der Waals surface area contributed by atoms with Gasteiger partial charge in [0.05, 0.1) is 6.07 Å². The lowest BCUT2D eigenvalue weighted by atomic mass is 10.2. The molecule has 1 rings (SSSR count). The van der Waals surface area contributed by atoms with Crippen molar-refractivity contribution in [3.8, 4) is 17.2 Å². The van der Waals surface area contributed by atoms with Crippen molar-refractivity contribution in [1.29, 1.82) is 0 Å². The highest BCUT2D eigenvalue weighted by atomic mass is 28.3. The van der Waals surface area contributed by atoms with Gasteiger partial charge in [-0.1, -0.05) is 33.9 Å². The molecule has 0 aliphatic rings. The van der Waals surface area contributed by atoms with Crippen molar-refractivity contribution in [2.75, 3.05) is 0 Å². The number of hydrogen-bond acceptors (Lipinski definition) is 3. The monoisotopic (exact) mass is 250 g/mol. The highest BCUT2D eigenvalue weighted by Crippen LogP contribution is 2.35. The molecule has 0 radical (unpaired) electrons. The first-order valence-electron chi connectivity index (χ1n) is 5.49. The van der Waals surface area contributed by atoms with Crippen molar-refractivity contribution in [3.63, 3.8) is 0 Å². The Morgan fingerprint density at radius 2 is 1.88 bits per heavy atom. The summed E-state index contributed by atoms with van der Waals surface area (Å²) < 4.78 is 4.90. The van der Waals surface area contributed by atoms with Gasteiger partial charge in [0.25, 0.3) is 0 Å². The molecule has 1 heterocycles. The fourth-order valence-electron chi connectivity index (χ4n) is 0.931. The first-order valence-corrected chi connectivity index (χ1v) is 8.49. The maximum atomic E-state index is 11.0. The quantitative estimate of drug-likeness (QED) is 0.569. The van der Waals surface area contributed by atoms with Crippen molar-refractivity contribution in [2.45, 2.75) is 38.9 Å². The molecule has 0 bridgehead atoms. The predicted molar refractivity (Wildman–Crippen MR) is 70.7 cm³/mol. The standard InChI is InChI=1S/C13H18O3Si/c1-13(2,3)17(4,5)7-6-11-8-10(14)9-12(15)16-11/h8-9,14H,1-5H3. The van der Waals surface area contributed by atoms with Gasteiger partial charge in [-0.05, 0) is 11.0 Å². The van der Waals surface area contributed by atoms with Crippen LogP contribution in [0.15, 0.2) is 21.3 Å². The minimum absolute atomic E-state index is 0.110. The molecule has 1 N–H and O–H groups in total. The van der Waals surface area contributed by atoms with Gasteiger partial charge in [0, 0.05) is 6.07 Å². The van der Waals surface area contributed by atoms with Crippen LogP contribution < -0.4 is 5.63 Å². The lowest BCUT2D eigenvalue weighted by molar-refractivity contribution is 0.443. The van der Waals surface area contributed by atoms with E-state index in [4.69, 9.17) is 4.42 Å². The fraction of sp³-hybridized carbons (Fsp3) is 0.462. The molecular formula is C13H18O3Si. The molecule has 92 valence electrons. The maximum absolute atomic E-state index is 11.0. The first-order chi connectivity index (χ1) is 7.62. The maximum Gasteiger partial charge on any atom is 0.340 e. The molecule has 17 heavy (non-hydrogen) atoms. The van der Waals surface area contributed by atoms with Gasteiger partial charge in [0.2, 0.25) is 0 Å². The zero-order valence-electron chi connectivity index (χ0n) is 10.9. The van der Waals surface area contributed by atoms with Crippen LogP contribution in [0.5, 0.6) is 5.75 Å². The largest absolute Gasteiger partial charge is 0.508 e. The van der Waals surface area contributed by atoms with Gasteiger partial charge in [0.15, 0.2) is 5.76 Å². The average Bonchev–Trinajstić information content (AvgIpc) is 2.11. The third-order valence-corrected chi connectivity index (χ3v) is 7.63. The molecule has 0 aromatic carbocycles. The summed E-state index contributed by atoms with van der Waals surface area (Å²) >= 11 is 0. The van der Waals surface area contributed by atoms with Gasteiger partial charge in [-0.25, -0.2) is 4.79 Å². The van der Waals surface area contributed by atoms with Crippen LogP contribution in [0, 0.1) is 11.5 Å². The van der Waals surface area contributed by atoms with Crippen molar-refractivity contribution in [2.24, 2.45) is 0 Å². The zero-order chi connectivity index (χ0) is 13.3. The summed E-state index contributed by atoms with van der Waals surface area (Å²) in [6.07, 6.45) is 0. The van der Waals surface area contributed by atoms with E-state index in [0.29, 0.717) is 0 Å². The molecule has 0 saturated carbocycles. The number of rotatable bonds is 0. The van der Waals surface area contributed by atoms with E-state index < -0.39 is 13.7 Å². The fourth-order valence-corrected chi connectivity index (χ4v) is 1.74. The second kappa shape index (κ2) is 4.42. The Bertz CT molecular complexity index is 524. The van der Waals surface area contributed by atoms with Gasteiger partial charge in [0.1, 0.15) is 13.8 Å². The van der Waals surface area contributed by atoms with Crippen LogP contribution in [-0.2, 0) is 0 Å². The number of aromatic hydroxyl groups is 1. The van der Waals surface area contributed by atoms with Crippen LogP contribution in [0.3, 0.4) is 0 Å². The van der Waals surface area contributed by atoms with Crippen LogP contribution in [0.2, 0.25) is 18.1 Å². The molecule has 0 atom stereocenters. The Hall–Kier alpha value is -1.47. The van der Waals surface area contributed by atoms with Crippen molar-refractivity contribution < 1.29 is 9.52 Å². The summed E-state index contributed by atoms with van der Waals surface area (Å²) in [4.78, 5) is 11.0. The molecule has 0 aliphatic heterocycles. The molecule has 3 nitrogen and oxygen atoms in total. The Labute approximate surface area is 102 Å². The van der Waals surface area contributed by atoms with E-state index in [1.54, 1.807) is 0 Å². The molecule has 4 heteroatoms. The topological polar surface area (TPSA) is 50.4 Å². The smallest absolute Gasteiger partial charge is 0.340 e. The Kier molecular flexibility index (Phi) is 3.53. The van der Waals surface area contributed by atoms with Gasteiger partial charge in [-0.3, -0.25) is 0 Å². The molecule has 0 saturated heterocycles. The molecule has 0 fully saturated rings. The van der Waals surface area contributed by atoms with Crippen molar-refractivity contribution >= 4 is 8.07 Å². The molecule has 1 aromatic heterocycles. The lowest BCUT2D eigenvalue weighted by Crippen LogP contribution is -2.35. The van der Waals surface area contributed by atoms with Crippen molar-refractivity contribution in [3.05, 3.63) is 28.3 Å². The Morgan fingerprint density at radius 1 is 1.29 bits per heavy atom. The van der Waals surface area contributed by atoms with Crippen LogP contribution >= 0.6 is 0 Å². The number of hydrogen-bond donors (Lipinski definition) is 1. The van der Waals surface area contributed by atoms with E-state index in [-0.39, 0.29) is 16.5 Å². The molecule has 0 unspecified atom stereocenters. The van der Waals surface area contributed by atoms with E-state index >= 15 is 0 Å². The summed E-state index contributed by atoms with van der Waals surface area (Å²) in [5.74, 6) is 2.97. The summed E-state index contributed by atoms with van der Waals surface area (Å²) in [7, 11) is -1.73. The SMILES string of the molecule is CC(C)(C)[Si](C)(C)C#Cc1cc(O)cc(=O)o1. The molecule has 0 amide bonds. The third kappa shape index (κ3) is 3.50. The van der Waals surface area contributed by atoms with Crippen LogP contribution in [0.25, 0.3) is 0 Å². The second-order valence-corrected chi connectivity index (χ2v) is 10.6. The predicted octanol–water partition coefficient (Wildman–Crippen LogP) is 2.74. The van der Waals surface area contributed by atoms with Crippen LogP contribution in [0.1, 0.15) is 26.5 Å². The van der Waals surface area contributed by atoms with Crippen LogP contribution in [-0.4, -0.2) is 13.2 Å². The average molecular weight is 250 g/mol. The van der Waals surface area contributed by atoms with E-state index in [2.05, 4.69) is 45.3 Å². The second-order valence-electron chi connectivity index (χ2n) is 5.62. The van der Waals surface area contributed by atoms with Crippen LogP contribution in [0.4, 0.5) is 0 Å². The van der Waals surface area contributed by atoms with Crippen molar-refractivity contribution in [1.82, 2.24) is 0 Å². The molecule has 1 aromatic rings. The summed E-state index contributed by atoms with van der Waals surface area (Å²) in [5, 5.41) is 9.42. The summed E-state index contributed by atoms with van der Waals surface area (Å²) in [6, 6.07) is 2.39. The van der Waals surface area contributed by atoms with Gasteiger partial charge < -0.3 is 9.52 Å². The van der Waals surface area contributed by atoms with E-state index in [0.717, 1.165) is 6.07 Å². The third-order valence-electron chi connectivity index (χ3n) is 3.13. The molecule has 0 aliphatic carbocycles. The van der Waals surface area contributed by atoms with E-state index in [1.807, 2.05) is 0 Å². The highest BCUT2D eigenvalue weighted by molar-refractivity contribution is 6.87. The van der Waals surface area contributed by atoms with E-state index in [9.17, 15) is 9.90 Å². The van der Waals surface area contributed by atoms with E-state index in [1.165, 1.54) is 6.07 Å². The van der Waals surface area contributed by atoms with Gasteiger partial charge >= 0.3 is 5.63 Å². The first kappa shape index (κ1) is 13.6. The summed E-state index contributed by atoms with van der Waals surface area (Å²) in [6.45, 7) is 10.8. The lowest BCUT2D eigenvalue weighted by Gasteiger charge is -2.31. The molecular weight excluding hydrogens is 232 g/mol. The Morgan fingerprint density at radius 3 is 2.35 bits per heavy atom. The Balaban J connectivity index is 3.12. The summed E-state index contributed by atoms with van der Waals surface area (Å²) in [5.41, 5.74) is 2.64. The highest BCUT2D eigenvalue weighted by Gasteiger charge is 2.33. The van der Waals surface area contributed by atoms with Gasteiger partial charge in [-0.15, -0.1) is 5.54 Å². The molecule has 0 spiro atoms. The normalized spacial score (nSPS) is 11.8. The minimum atomic E-state index is -1.73. The van der Waals surface area contributed by atoms with Gasteiger partial charge in [-0.2, -0.15) is 0 Å². The zero-order valence-corrected chi connectivity index (χ0v) is 11.9.